The predicted molar refractivity (Wildman–Crippen MR) is 65.7 cm³/mol. The van der Waals surface area contributed by atoms with Crippen LogP contribution in [0.2, 0.25) is 17.5 Å². The topological polar surface area (TPSA) is 0 Å². The van der Waals surface area contributed by atoms with Crippen molar-refractivity contribution in [3.63, 3.8) is 0 Å². The molecule has 0 atom stereocenters. The Morgan fingerprint density at radius 1 is 0.571 bits per heavy atom. The van der Waals surface area contributed by atoms with Crippen molar-refractivity contribution in [1.82, 2.24) is 0 Å². The number of hydrogen-bond acceptors (Lipinski definition) is 0. The molecule has 0 amide bonds. The molecule has 0 nitrogen and oxygen atoms in total. The third-order valence-corrected chi connectivity index (χ3v) is 5.08. The minimum atomic E-state index is 0. The van der Waals surface area contributed by atoms with Gasteiger partial charge in [0.25, 0.3) is 0 Å². The Morgan fingerprint density at radius 2 is 0.857 bits per heavy atom. The summed E-state index contributed by atoms with van der Waals surface area (Å²) in [5.74, 6) is 3.49. The van der Waals surface area contributed by atoms with Crippen molar-refractivity contribution in [2.75, 3.05) is 0 Å². The van der Waals surface area contributed by atoms with Crippen LogP contribution in [-0.2, 0) is 0 Å². The Hall–Kier alpha value is 1.70. The van der Waals surface area contributed by atoms with Crippen molar-refractivity contribution < 1.29 is 0 Å². The van der Waals surface area contributed by atoms with E-state index < -0.39 is 0 Å². The quantitative estimate of drug-likeness (QED) is 0.544. The first-order chi connectivity index (χ1) is 6.45. The Bertz CT molecular complexity index is 149. The minimum absolute atomic E-state index is 0. The molecule has 0 aromatic carbocycles. The zero-order valence-corrected chi connectivity index (χ0v) is 8.67. The van der Waals surface area contributed by atoms with Gasteiger partial charge >= 0.3 is 51.4 Å². The summed E-state index contributed by atoms with van der Waals surface area (Å²) in [7, 11) is 0. The Kier molecular flexibility index (Phi) is 4.65. The third kappa shape index (κ3) is 2.20. The molecule has 3 aliphatic heterocycles. The SMILES string of the molecule is C1CC2CCCC3CCCC(C1)B23.[KH]. The molecule has 3 saturated heterocycles. The summed E-state index contributed by atoms with van der Waals surface area (Å²) in [6.07, 6.45) is 14.1. The van der Waals surface area contributed by atoms with Gasteiger partial charge in [0.05, 0.1) is 0 Å². The Labute approximate surface area is 131 Å². The van der Waals surface area contributed by atoms with E-state index in [1.54, 1.807) is 57.8 Å². The van der Waals surface area contributed by atoms with Gasteiger partial charge < -0.3 is 0 Å². The maximum atomic E-state index is 1.58. The summed E-state index contributed by atoms with van der Waals surface area (Å²) < 4.78 is 0. The predicted octanol–water partition coefficient (Wildman–Crippen LogP) is 3.50. The van der Waals surface area contributed by atoms with E-state index in [1.807, 2.05) is 0 Å². The molecule has 0 saturated carbocycles. The molecule has 0 bridgehead atoms. The monoisotopic (exact) mass is 216 g/mol. The van der Waals surface area contributed by atoms with E-state index >= 15 is 0 Å². The molecule has 0 unspecified atom stereocenters. The molecular formula is C12H22BK. The van der Waals surface area contributed by atoms with Crippen molar-refractivity contribution in [1.29, 1.82) is 0 Å². The molecule has 0 aromatic heterocycles. The molecule has 3 fully saturated rings. The second-order valence-corrected chi connectivity index (χ2v) is 5.65. The first-order valence-electron chi connectivity index (χ1n) is 6.45. The van der Waals surface area contributed by atoms with Crippen LogP contribution in [0.4, 0.5) is 0 Å². The normalized spacial score (nSPS) is 41.1. The fourth-order valence-corrected chi connectivity index (χ4v) is 4.67. The fraction of sp³-hybridized carbons (Fsp3) is 1.00. The second kappa shape index (κ2) is 5.36. The van der Waals surface area contributed by atoms with Crippen LogP contribution in [0, 0.1) is 0 Å². The van der Waals surface area contributed by atoms with Gasteiger partial charge in [-0.05, 0) is 0 Å². The summed E-state index contributed by atoms with van der Waals surface area (Å²) in [6, 6.07) is 0. The maximum absolute atomic E-state index is 1.58. The molecule has 3 heterocycles. The van der Waals surface area contributed by atoms with E-state index in [2.05, 4.69) is 0 Å². The number of rotatable bonds is 0. The fourth-order valence-electron chi connectivity index (χ4n) is 4.67. The van der Waals surface area contributed by atoms with E-state index in [0.29, 0.717) is 0 Å². The summed E-state index contributed by atoms with van der Waals surface area (Å²) in [4.78, 5) is 0. The number of hydrogen-bond donors (Lipinski definition) is 0. The van der Waals surface area contributed by atoms with Crippen LogP contribution in [0.1, 0.15) is 57.8 Å². The van der Waals surface area contributed by atoms with Crippen molar-refractivity contribution in [2.24, 2.45) is 0 Å². The van der Waals surface area contributed by atoms with E-state index in [1.165, 1.54) is 6.71 Å². The van der Waals surface area contributed by atoms with Crippen LogP contribution in [0.25, 0.3) is 0 Å². The van der Waals surface area contributed by atoms with Crippen molar-refractivity contribution in [3.05, 3.63) is 0 Å². The third-order valence-electron chi connectivity index (χ3n) is 5.08. The van der Waals surface area contributed by atoms with Crippen LogP contribution in [-0.4, -0.2) is 58.1 Å². The molecule has 2 heteroatoms. The molecule has 3 rings (SSSR count). The average molecular weight is 216 g/mol. The van der Waals surface area contributed by atoms with Crippen LogP contribution >= 0.6 is 0 Å². The standard InChI is InChI=1S/C12H21B.K.H/c1-4-10-6-2-8-12-9-3-7-11(5-1)13(10)12;;/h10-12H,1-9H2;;. The zero-order chi connectivity index (χ0) is 8.67. The molecule has 0 aromatic rings. The summed E-state index contributed by atoms with van der Waals surface area (Å²) in [5.41, 5.74) is 0. The van der Waals surface area contributed by atoms with E-state index in [0.717, 1.165) is 17.5 Å². The van der Waals surface area contributed by atoms with Gasteiger partial charge in [-0.3, -0.25) is 0 Å². The van der Waals surface area contributed by atoms with Crippen LogP contribution in [0.3, 0.4) is 0 Å². The van der Waals surface area contributed by atoms with Gasteiger partial charge in [-0.2, -0.15) is 0 Å². The van der Waals surface area contributed by atoms with Gasteiger partial charge in [-0.15, -0.1) is 0 Å². The van der Waals surface area contributed by atoms with Gasteiger partial charge in [-0.1, -0.05) is 75.2 Å². The van der Waals surface area contributed by atoms with Crippen LogP contribution in [0.5, 0.6) is 0 Å². The summed E-state index contributed by atoms with van der Waals surface area (Å²) >= 11 is 0. The molecule has 0 spiro atoms. The van der Waals surface area contributed by atoms with E-state index in [-0.39, 0.29) is 51.4 Å². The van der Waals surface area contributed by atoms with Crippen molar-refractivity contribution in [3.8, 4) is 0 Å². The second-order valence-electron chi connectivity index (χ2n) is 5.65. The van der Waals surface area contributed by atoms with E-state index in [9.17, 15) is 0 Å². The molecule has 14 heavy (non-hydrogen) atoms. The zero-order valence-electron chi connectivity index (χ0n) is 8.67. The summed E-state index contributed by atoms with van der Waals surface area (Å²) in [6.45, 7) is 1.19. The first-order valence-corrected chi connectivity index (χ1v) is 6.45. The molecule has 0 radical (unpaired) electrons. The van der Waals surface area contributed by atoms with Gasteiger partial charge in [0.2, 0.25) is 0 Å². The van der Waals surface area contributed by atoms with Crippen molar-refractivity contribution >= 4 is 58.1 Å². The molecule has 74 valence electrons. The first kappa shape index (κ1) is 12.2. The van der Waals surface area contributed by atoms with Gasteiger partial charge in [0.1, 0.15) is 6.71 Å². The summed E-state index contributed by atoms with van der Waals surface area (Å²) in [5, 5.41) is 0. The Balaban J connectivity index is 0.000000750. The Morgan fingerprint density at radius 3 is 1.14 bits per heavy atom. The van der Waals surface area contributed by atoms with Gasteiger partial charge in [0.15, 0.2) is 0 Å². The average Bonchev–Trinajstić information content (AvgIpc) is 2.19. The molecule has 0 N–H and O–H groups in total. The van der Waals surface area contributed by atoms with Crippen LogP contribution < -0.4 is 0 Å². The molecule has 3 aliphatic rings. The van der Waals surface area contributed by atoms with Gasteiger partial charge in [0, 0.05) is 0 Å². The van der Waals surface area contributed by atoms with Crippen molar-refractivity contribution in [2.45, 2.75) is 75.2 Å². The molecule has 0 aliphatic carbocycles. The molecular weight excluding hydrogens is 194 g/mol. The van der Waals surface area contributed by atoms with Gasteiger partial charge in [-0.25, -0.2) is 0 Å². The van der Waals surface area contributed by atoms with Crippen LogP contribution in [0.15, 0.2) is 0 Å². The van der Waals surface area contributed by atoms with E-state index in [4.69, 9.17) is 0 Å².